The van der Waals surface area contributed by atoms with Crippen LogP contribution >= 0.6 is 31.9 Å². The van der Waals surface area contributed by atoms with Crippen LogP contribution in [0.2, 0.25) is 0 Å². The molecule has 0 amide bonds. The molecule has 19 heavy (non-hydrogen) atoms. The number of halogens is 2. The van der Waals surface area contributed by atoms with Crippen LogP contribution in [0.5, 0.6) is 0 Å². The van der Waals surface area contributed by atoms with E-state index in [2.05, 4.69) is 63.0 Å². The van der Waals surface area contributed by atoms with Gasteiger partial charge >= 0.3 is 0 Å². The van der Waals surface area contributed by atoms with Crippen molar-refractivity contribution in [1.29, 1.82) is 0 Å². The van der Waals surface area contributed by atoms with Crippen molar-refractivity contribution in [2.24, 2.45) is 0 Å². The van der Waals surface area contributed by atoms with Gasteiger partial charge in [0.15, 0.2) is 0 Å². The molecule has 0 heterocycles. The van der Waals surface area contributed by atoms with Gasteiger partial charge in [0.1, 0.15) is 0 Å². The largest absolute Gasteiger partial charge is 0.0921 e. The van der Waals surface area contributed by atoms with E-state index in [1.807, 2.05) is 0 Å². The van der Waals surface area contributed by atoms with Gasteiger partial charge in [0.2, 0.25) is 0 Å². The second kappa shape index (κ2) is 10.9. The maximum absolute atomic E-state index is 3.67. The molecular formula is C17H26Br2. The van der Waals surface area contributed by atoms with Crippen LogP contribution in [-0.4, -0.2) is 5.33 Å². The highest BCUT2D eigenvalue weighted by Crippen LogP contribution is 2.27. The molecule has 0 aliphatic carbocycles. The minimum atomic E-state index is 0.660. The first kappa shape index (κ1) is 17.2. The molecule has 1 aromatic carbocycles. The Kier molecular flexibility index (Phi) is 9.89. The van der Waals surface area contributed by atoms with Gasteiger partial charge in [-0.15, -0.1) is 0 Å². The maximum Gasteiger partial charge on any atom is 0.0178 e. The van der Waals surface area contributed by atoms with E-state index in [-0.39, 0.29) is 0 Å². The van der Waals surface area contributed by atoms with E-state index >= 15 is 0 Å². The van der Waals surface area contributed by atoms with Gasteiger partial charge in [-0.3, -0.25) is 0 Å². The van der Waals surface area contributed by atoms with Gasteiger partial charge in [-0.25, -0.2) is 0 Å². The maximum atomic E-state index is 3.67. The van der Waals surface area contributed by atoms with Crippen molar-refractivity contribution in [2.75, 3.05) is 5.33 Å². The summed E-state index contributed by atoms with van der Waals surface area (Å²) in [5, 5.41) is 1.07. The molecule has 1 atom stereocenters. The number of benzene rings is 1. The summed E-state index contributed by atoms with van der Waals surface area (Å²) in [6.07, 6.45) is 11.0. The van der Waals surface area contributed by atoms with Crippen LogP contribution in [0.3, 0.4) is 0 Å². The molecule has 0 bridgehead atoms. The molecule has 0 aliphatic rings. The number of hydrogen-bond acceptors (Lipinski definition) is 0. The van der Waals surface area contributed by atoms with Crippen molar-refractivity contribution in [2.45, 2.75) is 64.2 Å². The van der Waals surface area contributed by atoms with E-state index in [9.17, 15) is 0 Å². The fourth-order valence-electron chi connectivity index (χ4n) is 2.44. The molecular weight excluding hydrogens is 364 g/mol. The highest BCUT2D eigenvalue weighted by atomic mass is 79.9. The van der Waals surface area contributed by atoms with Gasteiger partial charge in [-0.1, -0.05) is 95.9 Å². The fraction of sp³-hybridized carbons (Fsp3) is 0.647. The van der Waals surface area contributed by atoms with E-state index in [1.165, 1.54) is 61.4 Å². The van der Waals surface area contributed by atoms with Crippen molar-refractivity contribution < 1.29 is 0 Å². The van der Waals surface area contributed by atoms with Gasteiger partial charge in [0, 0.05) is 9.80 Å². The Hall–Kier alpha value is 0.180. The van der Waals surface area contributed by atoms with E-state index in [0.29, 0.717) is 5.92 Å². The van der Waals surface area contributed by atoms with Crippen molar-refractivity contribution >= 4 is 31.9 Å². The summed E-state index contributed by atoms with van der Waals surface area (Å²) >= 11 is 7.23. The molecule has 1 aromatic rings. The molecule has 0 nitrogen and oxygen atoms in total. The molecule has 108 valence electrons. The van der Waals surface area contributed by atoms with E-state index in [1.54, 1.807) is 0 Å². The van der Waals surface area contributed by atoms with Gasteiger partial charge in [0.05, 0.1) is 0 Å². The molecule has 0 saturated carbocycles. The first-order valence-electron chi connectivity index (χ1n) is 7.59. The van der Waals surface area contributed by atoms with Crippen LogP contribution in [0.4, 0.5) is 0 Å². The van der Waals surface area contributed by atoms with Gasteiger partial charge < -0.3 is 0 Å². The summed E-state index contributed by atoms with van der Waals surface area (Å²) in [5.41, 5.74) is 1.46. The Morgan fingerprint density at radius 2 is 1.68 bits per heavy atom. The zero-order valence-corrected chi connectivity index (χ0v) is 15.2. The molecule has 0 fully saturated rings. The lowest BCUT2D eigenvalue weighted by Gasteiger charge is -2.14. The molecule has 2 heteroatoms. The number of rotatable bonds is 10. The SMILES string of the molecule is CCCCCCCCCC(CBr)c1cccc(Br)c1. The first-order chi connectivity index (χ1) is 9.27. The zero-order chi connectivity index (χ0) is 13.9. The molecule has 0 N–H and O–H groups in total. The Morgan fingerprint density at radius 1 is 1.00 bits per heavy atom. The summed E-state index contributed by atoms with van der Waals surface area (Å²) in [5.74, 6) is 0.660. The average Bonchev–Trinajstić information content (AvgIpc) is 2.42. The van der Waals surface area contributed by atoms with Crippen molar-refractivity contribution in [1.82, 2.24) is 0 Å². The Balaban J connectivity index is 2.22. The number of hydrogen-bond donors (Lipinski definition) is 0. The van der Waals surface area contributed by atoms with E-state index < -0.39 is 0 Å². The summed E-state index contributed by atoms with van der Waals surface area (Å²) in [6, 6.07) is 8.74. The summed E-state index contributed by atoms with van der Waals surface area (Å²) in [6.45, 7) is 2.28. The normalized spacial score (nSPS) is 12.6. The third-order valence-electron chi connectivity index (χ3n) is 3.66. The Bertz CT molecular complexity index is 336. The molecule has 1 rings (SSSR count). The lowest BCUT2D eigenvalue weighted by Crippen LogP contribution is -2.00. The highest BCUT2D eigenvalue weighted by molar-refractivity contribution is 9.10. The zero-order valence-electron chi connectivity index (χ0n) is 12.0. The molecule has 0 spiro atoms. The predicted octanol–water partition coefficient (Wildman–Crippen LogP) is 7.07. The summed E-state index contributed by atoms with van der Waals surface area (Å²) < 4.78 is 1.19. The number of unbranched alkanes of at least 4 members (excludes halogenated alkanes) is 6. The second-order valence-corrected chi connectivity index (χ2v) is 6.88. The third-order valence-corrected chi connectivity index (χ3v) is 4.94. The van der Waals surface area contributed by atoms with E-state index in [0.717, 1.165) is 5.33 Å². The molecule has 0 aromatic heterocycles. The average molecular weight is 390 g/mol. The van der Waals surface area contributed by atoms with Crippen LogP contribution < -0.4 is 0 Å². The van der Waals surface area contributed by atoms with Crippen LogP contribution in [0.25, 0.3) is 0 Å². The molecule has 0 aliphatic heterocycles. The molecule has 1 unspecified atom stereocenters. The standard InChI is InChI=1S/C17H26Br2/c1-2-3-4-5-6-7-8-10-16(14-18)15-11-9-12-17(19)13-15/h9,11-13,16H,2-8,10,14H2,1H3. The van der Waals surface area contributed by atoms with Crippen LogP contribution in [-0.2, 0) is 0 Å². The highest BCUT2D eigenvalue weighted by Gasteiger charge is 2.09. The van der Waals surface area contributed by atoms with Crippen LogP contribution in [0, 0.1) is 0 Å². The monoisotopic (exact) mass is 388 g/mol. The Morgan fingerprint density at radius 3 is 2.32 bits per heavy atom. The number of alkyl halides is 1. The molecule has 0 radical (unpaired) electrons. The smallest absolute Gasteiger partial charge is 0.0178 e. The minimum absolute atomic E-state index is 0.660. The topological polar surface area (TPSA) is 0 Å². The van der Waals surface area contributed by atoms with E-state index in [4.69, 9.17) is 0 Å². The third kappa shape index (κ3) is 7.51. The lowest BCUT2D eigenvalue weighted by molar-refractivity contribution is 0.553. The van der Waals surface area contributed by atoms with Crippen LogP contribution in [0.15, 0.2) is 28.7 Å². The van der Waals surface area contributed by atoms with Gasteiger partial charge in [-0.2, -0.15) is 0 Å². The fourth-order valence-corrected chi connectivity index (χ4v) is 3.56. The summed E-state index contributed by atoms with van der Waals surface area (Å²) in [7, 11) is 0. The quantitative estimate of drug-likeness (QED) is 0.296. The minimum Gasteiger partial charge on any atom is -0.0921 e. The van der Waals surface area contributed by atoms with Crippen molar-refractivity contribution in [3.05, 3.63) is 34.3 Å². The van der Waals surface area contributed by atoms with Crippen molar-refractivity contribution in [3.8, 4) is 0 Å². The second-order valence-electron chi connectivity index (χ2n) is 5.32. The van der Waals surface area contributed by atoms with Crippen LogP contribution in [0.1, 0.15) is 69.8 Å². The first-order valence-corrected chi connectivity index (χ1v) is 9.50. The summed E-state index contributed by atoms with van der Waals surface area (Å²) in [4.78, 5) is 0. The van der Waals surface area contributed by atoms with Crippen molar-refractivity contribution in [3.63, 3.8) is 0 Å². The van der Waals surface area contributed by atoms with Gasteiger partial charge in [0.25, 0.3) is 0 Å². The Labute approximate surface area is 135 Å². The lowest BCUT2D eigenvalue weighted by atomic mass is 9.94. The molecule has 0 saturated heterocycles. The van der Waals surface area contributed by atoms with Gasteiger partial charge in [-0.05, 0) is 30.0 Å². The predicted molar refractivity (Wildman–Crippen MR) is 93.3 cm³/mol.